The summed E-state index contributed by atoms with van der Waals surface area (Å²) < 4.78 is 25.4. The summed E-state index contributed by atoms with van der Waals surface area (Å²) >= 11 is 6.32. The predicted octanol–water partition coefficient (Wildman–Crippen LogP) is 6.73. The highest BCUT2D eigenvalue weighted by molar-refractivity contribution is 6.33. The van der Waals surface area contributed by atoms with E-state index in [1.54, 1.807) is 12.1 Å². The van der Waals surface area contributed by atoms with Gasteiger partial charge in [-0.05, 0) is 54.5 Å². The Morgan fingerprint density at radius 2 is 1.92 bits per heavy atom. The van der Waals surface area contributed by atoms with Crippen molar-refractivity contribution in [3.63, 3.8) is 0 Å². The molecule has 0 amide bonds. The molecule has 1 atom stereocenters. The number of allylic oxidation sites excluding steroid dienone is 4. The van der Waals surface area contributed by atoms with Gasteiger partial charge in [-0.3, -0.25) is 4.99 Å². The number of hydrogen-bond donors (Lipinski definition) is 0. The lowest BCUT2D eigenvalue weighted by Crippen LogP contribution is -2.03. The summed E-state index contributed by atoms with van der Waals surface area (Å²) in [6, 6.07) is 10.5. The third-order valence-corrected chi connectivity index (χ3v) is 4.74. The average Bonchev–Trinajstić information content (AvgIpc) is 3.03. The zero-order valence-electron chi connectivity index (χ0n) is 13.8. The monoisotopic (exact) mass is 357 g/mol. The van der Waals surface area contributed by atoms with Gasteiger partial charge in [0.1, 0.15) is 0 Å². The molecule has 0 N–H and O–H groups in total. The van der Waals surface area contributed by atoms with E-state index in [1.807, 2.05) is 19.1 Å². The Hall–Kier alpha value is -2.26. The van der Waals surface area contributed by atoms with Gasteiger partial charge in [-0.1, -0.05) is 54.1 Å². The molecule has 0 bridgehead atoms. The number of alkyl halides is 2. The van der Waals surface area contributed by atoms with Crippen molar-refractivity contribution in [2.24, 2.45) is 10.9 Å². The number of rotatable bonds is 5. The molecule has 0 spiro atoms. The summed E-state index contributed by atoms with van der Waals surface area (Å²) in [5.41, 5.74) is 4.98. The van der Waals surface area contributed by atoms with Crippen molar-refractivity contribution < 1.29 is 8.78 Å². The minimum Gasteiger partial charge on any atom is -0.263 e. The number of halogens is 3. The largest absolute Gasteiger partial charge is 0.263 e. The van der Waals surface area contributed by atoms with E-state index in [0.29, 0.717) is 10.7 Å². The molecule has 128 valence electrons. The third-order valence-electron chi connectivity index (χ3n) is 4.45. The van der Waals surface area contributed by atoms with Gasteiger partial charge in [-0.15, -0.1) is 0 Å². The van der Waals surface area contributed by atoms with Crippen LogP contribution in [0, 0.1) is 12.8 Å². The highest BCUT2D eigenvalue weighted by atomic mass is 35.5. The van der Waals surface area contributed by atoms with Gasteiger partial charge in [-0.2, -0.15) is 0 Å². The van der Waals surface area contributed by atoms with Gasteiger partial charge in [0, 0.05) is 11.5 Å². The topological polar surface area (TPSA) is 12.4 Å². The molecular formula is C21H18ClF2N. The van der Waals surface area contributed by atoms with Crippen molar-refractivity contribution in [2.75, 3.05) is 0 Å². The van der Waals surface area contributed by atoms with Gasteiger partial charge >= 0.3 is 0 Å². The molecule has 0 fully saturated rings. The maximum Gasteiger partial charge on any atom is 0.263 e. The molecule has 4 heteroatoms. The molecule has 0 heterocycles. The van der Waals surface area contributed by atoms with E-state index in [1.165, 1.54) is 17.7 Å². The van der Waals surface area contributed by atoms with Crippen molar-refractivity contribution in [3.8, 4) is 0 Å². The van der Waals surface area contributed by atoms with Gasteiger partial charge < -0.3 is 0 Å². The normalized spacial score (nSPS) is 16.4. The highest BCUT2D eigenvalue weighted by Gasteiger charge is 2.19. The molecule has 0 saturated carbocycles. The van der Waals surface area contributed by atoms with E-state index in [2.05, 4.69) is 29.9 Å². The fourth-order valence-electron chi connectivity index (χ4n) is 3.17. The molecule has 1 nitrogen and oxygen atoms in total. The Labute approximate surface area is 151 Å². The second kappa shape index (κ2) is 7.32. The Morgan fingerprint density at radius 1 is 1.20 bits per heavy atom. The van der Waals surface area contributed by atoms with Crippen LogP contribution in [0.4, 0.5) is 14.5 Å². The molecule has 3 rings (SSSR count). The van der Waals surface area contributed by atoms with Crippen molar-refractivity contribution in [2.45, 2.75) is 19.8 Å². The van der Waals surface area contributed by atoms with Gasteiger partial charge in [-0.25, -0.2) is 8.78 Å². The second-order valence-electron chi connectivity index (χ2n) is 6.14. The number of hydrogen-bond acceptors (Lipinski definition) is 1. The first-order valence-corrected chi connectivity index (χ1v) is 8.40. The van der Waals surface area contributed by atoms with Crippen molar-refractivity contribution in [1.29, 1.82) is 0 Å². The molecule has 0 radical (unpaired) electrons. The van der Waals surface area contributed by atoms with Crippen LogP contribution in [-0.2, 0) is 6.42 Å². The first-order chi connectivity index (χ1) is 12.0. The molecule has 25 heavy (non-hydrogen) atoms. The van der Waals surface area contributed by atoms with E-state index < -0.39 is 6.43 Å². The van der Waals surface area contributed by atoms with Gasteiger partial charge in [0.25, 0.3) is 6.43 Å². The SMILES string of the molecule is C=Nc1c(C)cc(C2=CC=CC2Cc2ccc(C(F)F)cc2)cc1Cl. The van der Waals surface area contributed by atoms with E-state index in [4.69, 9.17) is 11.6 Å². The number of aliphatic imine (C=N–C) groups is 1. The fourth-order valence-corrected chi connectivity index (χ4v) is 3.49. The average molecular weight is 358 g/mol. The summed E-state index contributed by atoms with van der Waals surface area (Å²) in [6.07, 6.45) is 4.54. The first-order valence-electron chi connectivity index (χ1n) is 8.02. The van der Waals surface area contributed by atoms with Crippen LogP contribution >= 0.6 is 11.6 Å². The minimum absolute atomic E-state index is 0.0522. The lowest BCUT2D eigenvalue weighted by Gasteiger charge is -2.16. The summed E-state index contributed by atoms with van der Waals surface area (Å²) in [5.74, 6) is 0.190. The molecule has 2 aromatic carbocycles. The van der Waals surface area contributed by atoms with Crippen LogP contribution in [0.3, 0.4) is 0 Å². The number of aryl methyl sites for hydroxylation is 1. The smallest absolute Gasteiger partial charge is 0.263 e. The van der Waals surface area contributed by atoms with Crippen molar-refractivity contribution >= 4 is 29.6 Å². The molecule has 1 aliphatic rings. The van der Waals surface area contributed by atoms with Crippen LogP contribution < -0.4 is 0 Å². The standard InChI is InChI=1S/C21H18ClF2N/c1-13-10-17(12-19(22)20(13)25-2)18-5-3-4-16(18)11-14-6-8-15(9-7-14)21(23)24/h3-10,12,16,21H,2,11H2,1H3. The quantitative estimate of drug-likeness (QED) is 0.526. The van der Waals surface area contributed by atoms with Crippen LogP contribution in [0.5, 0.6) is 0 Å². The Bertz CT molecular complexity index is 828. The zero-order valence-corrected chi connectivity index (χ0v) is 14.6. The fraction of sp³-hybridized carbons (Fsp3) is 0.190. The third kappa shape index (κ3) is 3.72. The summed E-state index contributed by atoms with van der Waals surface area (Å²) in [7, 11) is 0. The van der Waals surface area contributed by atoms with Crippen LogP contribution in [-0.4, -0.2) is 6.72 Å². The van der Waals surface area contributed by atoms with E-state index >= 15 is 0 Å². The van der Waals surface area contributed by atoms with Crippen molar-refractivity contribution in [3.05, 3.63) is 81.9 Å². The van der Waals surface area contributed by atoms with Crippen LogP contribution in [0.2, 0.25) is 5.02 Å². The molecule has 1 aliphatic carbocycles. The molecule has 0 saturated heterocycles. The maximum atomic E-state index is 12.7. The Kier molecular flexibility index (Phi) is 5.14. The zero-order chi connectivity index (χ0) is 18.0. The van der Waals surface area contributed by atoms with Gasteiger partial charge in [0.05, 0.1) is 10.7 Å². The van der Waals surface area contributed by atoms with Crippen LogP contribution in [0.25, 0.3) is 5.57 Å². The van der Waals surface area contributed by atoms with Gasteiger partial charge in [0.2, 0.25) is 0 Å². The van der Waals surface area contributed by atoms with E-state index in [0.717, 1.165) is 23.1 Å². The molecule has 1 unspecified atom stereocenters. The molecule has 0 aliphatic heterocycles. The second-order valence-corrected chi connectivity index (χ2v) is 6.55. The number of nitrogens with zero attached hydrogens (tertiary/aromatic N) is 1. The summed E-state index contributed by atoms with van der Waals surface area (Å²) in [4.78, 5) is 3.97. The van der Waals surface area contributed by atoms with Crippen LogP contribution in [0.1, 0.15) is 28.7 Å². The molecule has 2 aromatic rings. The van der Waals surface area contributed by atoms with E-state index in [-0.39, 0.29) is 11.5 Å². The predicted molar refractivity (Wildman–Crippen MR) is 101 cm³/mol. The van der Waals surface area contributed by atoms with Crippen molar-refractivity contribution in [1.82, 2.24) is 0 Å². The first kappa shape index (κ1) is 17.6. The number of benzene rings is 2. The summed E-state index contributed by atoms with van der Waals surface area (Å²) in [5, 5.41) is 0.581. The minimum atomic E-state index is -2.43. The Morgan fingerprint density at radius 3 is 2.52 bits per heavy atom. The maximum absolute atomic E-state index is 12.7. The lowest BCUT2D eigenvalue weighted by atomic mass is 9.89. The lowest BCUT2D eigenvalue weighted by molar-refractivity contribution is 0.151. The summed E-state index contributed by atoms with van der Waals surface area (Å²) in [6.45, 7) is 5.51. The van der Waals surface area contributed by atoms with Crippen LogP contribution in [0.15, 0.2) is 59.6 Å². The highest BCUT2D eigenvalue weighted by Crippen LogP contribution is 2.37. The Balaban J connectivity index is 1.83. The molecular weight excluding hydrogens is 340 g/mol. The van der Waals surface area contributed by atoms with Gasteiger partial charge in [0.15, 0.2) is 0 Å². The van der Waals surface area contributed by atoms with E-state index in [9.17, 15) is 8.78 Å². The molecule has 0 aromatic heterocycles.